The topological polar surface area (TPSA) is 22.1 Å². The molecule has 0 radical (unpaired) electrons. The van der Waals surface area contributed by atoms with Gasteiger partial charge in [-0.15, -0.1) is 0 Å². The maximum absolute atomic E-state index is 6.30. The molecule has 0 amide bonds. The minimum absolute atomic E-state index is 0.381. The summed E-state index contributed by atoms with van der Waals surface area (Å²) in [4.78, 5) is 4.46. The van der Waals surface area contributed by atoms with E-state index in [1.165, 1.54) is 32.1 Å². The molecule has 2 atom stereocenters. The van der Waals surface area contributed by atoms with E-state index in [0.717, 1.165) is 16.5 Å². The second-order valence-corrected chi connectivity index (χ2v) is 6.29. The van der Waals surface area contributed by atoms with Crippen molar-refractivity contribution in [1.29, 1.82) is 0 Å². The molecule has 1 heterocycles. The summed E-state index contributed by atoms with van der Waals surface area (Å²) < 4.78 is 6.18. The maximum atomic E-state index is 6.30. The Labute approximate surface area is 131 Å². The van der Waals surface area contributed by atoms with Gasteiger partial charge in [0.1, 0.15) is 5.15 Å². The first-order chi connectivity index (χ1) is 10.3. The molecule has 0 N–H and O–H groups in total. The predicted molar refractivity (Wildman–Crippen MR) is 87.6 cm³/mol. The smallest absolute Gasteiger partial charge is 0.135 e. The lowest BCUT2D eigenvalue weighted by atomic mass is 9.85. The Hall–Kier alpha value is -1.12. The van der Waals surface area contributed by atoms with Crippen LogP contribution in [0.2, 0.25) is 5.15 Å². The molecule has 21 heavy (non-hydrogen) atoms. The highest BCUT2D eigenvalue weighted by molar-refractivity contribution is 6.30. The average molecular weight is 304 g/mol. The maximum Gasteiger partial charge on any atom is 0.135 e. The highest BCUT2D eigenvalue weighted by Gasteiger charge is 2.24. The molecule has 0 saturated heterocycles. The number of para-hydroxylation sites is 1. The molecule has 2 aromatic rings. The number of halogens is 1. The van der Waals surface area contributed by atoms with Gasteiger partial charge in [-0.05, 0) is 30.9 Å². The fourth-order valence-electron chi connectivity index (χ4n) is 3.29. The molecule has 1 aliphatic carbocycles. The summed E-state index contributed by atoms with van der Waals surface area (Å²) in [6.07, 6.45) is 6.68. The van der Waals surface area contributed by atoms with Crippen LogP contribution < -0.4 is 0 Å². The first kappa shape index (κ1) is 14.8. The third-order valence-corrected chi connectivity index (χ3v) is 4.89. The monoisotopic (exact) mass is 303 g/mol. The third kappa shape index (κ3) is 3.38. The SMILES string of the molecule is CCC1CCCCC1OCc1cc2ccccc2nc1Cl. The summed E-state index contributed by atoms with van der Waals surface area (Å²) in [5.41, 5.74) is 1.94. The lowest BCUT2D eigenvalue weighted by molar-refractivity contribution is -0.0222. The van der Waals surface area contributed by atoms with Gasteiger partial charge in [-0.2, -0.15) is 0 Å². The summed E-state index contributed by atoms with van der Waals surface area (Å²) in [7, 11) is 0. The van der Waals surface area contributed by atoms with Gasteiger partial charge in [-0.1, -0.05) is 56.0 Å². The van der Waals surface area contributed by atoms with Gasteiger partial charge in [-0.25, -0.2) is 4.98 Å². The standard InChI is InChI=1S/C18H22ClNO/c1-2-13-7-4-6-10-17(13)21-12-15-11-14-8-3-5-9-16(14)20-18(15)19/h3,5,8-9,11,13,17H,2,4,6-7,10,12H2,1H3. The number of pyridine rings is 1. The molecule has 2 nitrogen and oxygen atoms in total. The van der Waals surface area contributed by atoms with Crippen LogP contribution in [0.1, 0.15) is 44.6 Å². The third-order valence-electron chi connectivity index (χ3n) is 4.57. The Kier molecular flexibility index (Phi) is 4.77. The van der Waals surface area contributed by atoms with E-state index >= 15 is 0 Å². The Balaban J connectivity index is 1.73. The number of hydrogen-bond acceptors (Lipinski definition) is 2. The predicted octanol–water partition coefficient (Wildman–Crippen LogP) is 5.37. The van der Waals surface area contributed by atoms with Gasteiger partial charge in [-0.3, -0.25) is 0 Å². The van der Waals surface area contributed by atoms with Gasteiger partial charge in [0.15, 0.2) is 0 Å². The number of rotatable bonds is 4. The van der Waals surface area contributed by atoms with Crippen molar-refractivity contribution in [3.63, 3.8) is 0 Å². The van der Waals surface area contributed by atoms with Crippen molar-refractivity contribution >= 4 is 22.5 Å². The molecule has 1 aromatic heterocycles. The van der Waals surface area contributed by atoms with Crippen molar-refractivity contribution in [3.8, 4) is 0 Å². The second kappa shape index (κ2) is 6.76. The molecule has 1 saturated carbocycles. The quantitative estimate of drug-likeness (QED) is 0.708. The molecular formula is C18H22ClNO. The van der Waals surface area contributed by atoms with E-state index in [1.807, 2.05) is 18.2 Å². The number of benzene rings is 1. The Bertz CT molecular complexity index is 613. The van der Waals surface area contributed by atoms with Crippen LogP contribution in [0.15, 0.2) is 30.3 Å². The van der Waals surface area contributed by atoms with Gasteiger partial charge in [0.05, 0.1) is 18.2 Å². The lowest BCUT2D eigenvalue weighted by Crippen LogP contribution is -2.27. The summed E-state index contributed by atoms with van der Waals surface area (Å²) in [5, 5.41) is 1.69. The van der Waals surface area contributed by atoms with Crippen LogP contribution in [0, 0.1) is 5.92 Å². The minimum Gasteiger partial charge on any atom is -0.373 e. The molecule has 112 valence electrons. The van der Waals surface area contributed by atoms with Crippen molar-refractivity contribution in [2.24, 2.45) is 5.92 Å². The molecule has 0 aliphatic heterocycles. The largest absolute Gasteiger partial charge is 0.373 e. The zero-order valence-corrected chi connectivity index (χ0v) is 13.3. The Morgan fingerprint density at radius 3 is 2.90 bits per heavy atom. The zero-order chi connectivity index (χ0) is 14.7. The number of fused-ring (bicyclic) bond motifs is 1. The van der Waals surface area contributed by atoms with E-state index in [-0.39, 0.29) is 0 Å². The highest BCUT2D eigenvalue weighted by atomic mass is 35.5. The normalized spacial score (nSPS) is 22.6. The average Bonchev–Trinajstić information content (AvgIpc) is 2.53. The first-order valence-corrected chi connectivity index (χ1v) is 8.31. The highest BCUT2D eigenvalue weighted by Crippen LogP contribution is 2.30. The fraction of sp³-hybridized carbons (Fsp3) is 0.500. The molecule has 1 aromatic carbocycles. The molecule has 1 fully saturated rings. The van der Waals surface area contributed by atoms with Gasteiger partial charge >= 0.3 is 0 Å². The van der Waals surface area contributed by atoms with E-state index in [2.05, 4.69) is 24.0 Å². The van der Waals surface area contributed by atoms with Gasteiger partial charge in [0.25, 0.3) is 0 Å². The first-order valence-electron chi connectivity index (χ1n) is 7.93. The van der Waals surface area contributed by atoms with Crippen LogP contribution in [0.5, 0.6) is 0 Å². The Morgan fingerprint density at radius 2 is 2.05 bits per heavy atom. The molecule has 1 aliphatic rings. The lowest BCUT2D eigenvalue weighted by Gasteiger charge is -2.30. The van der Waals surface area contributed by atoms with Crippen molar-refractivity contribution in [2.75, 3.05) is 0 Å². The minimum atomic E-state index is 0.381. The fourth-order valence-corrected chi connectivity index (χ4v) is 3.49. The van der Waals surface area contributed by atoms with Gasteiger partial charge in [0.2, 0.25) is 0 Å². The van der Waals surface area contributed by atoms with Crippen LogP contribution in [0.4, 0.5) is 0 Å². The van der Waals surface area contributed by atoms with Crippen LogP contribution >= 0.6 is 11.6 Å². The number of hydrogen-bond donors (Lipinski definition) is 0. The molecular weight excluding hydrogens is 282 g/mol. The Morgan fingerprint density at radius 1 is 1.24 bits per heavy atom. The van der Waals surface area contributed by atoms with Gasteiger partial charge in [0, 0.05) is 10.9 Å². The van der Waals surface area contributed by atoms with E-state index in [1.54, 1.807) is 0 Å². The molecule has 0 spiro atoms. The van der Waals surface area contributed by atoms with E-state index < -0.39 is 0 Å². The molecule has 0 bridgehead atoms. The van der Waals surface area contributed by atoms with E-state index in [4.69, 9.17) is 16.3 Å². The van der Waals surface area contributed by atoms with Crippen LogP contribution in [-0.2, 0) is 11.3 Å². The molecule has 2 unspecified atom stereocenters. The van der Waals surface area contributed by atoms with Crippen molar-refractivity contribution in [2.45, 2.75) is 51.7 Å². The summed E-state index contributed by atoms with van der Waals surface area (Å²) in [6.45, 7) is 2.83. The van der Waals surface area contributed by atoms with Crippen molar-refractivity contribution in [1.82, 2.24) is 4.98 Å². The molecule has 3 rings (SSSR count). The van der Waals surface area contributed by atoms with Crippen LogP contribution in [0.3, 0.4) is 0 Å². The van der Waals surface area contributed by atoms with Crippen molar-refractivity contribution in [3.05, 3.63) is 41.0 Å². The number of ether oxygens (including phenoxy) is 1. The second-order valence-electron chi connectivity index (χ2n) is 5.93. The summed E-state index contributed by atoms with van der Waals surface area (Å²) in [6, 6.07) is 10.2. The zero-order valence-electron chi connectivity index (χ0n) is 12.5. The van der Waals surface area contributed by atoms with E-state index in [0.29, 0.717) is 23.8 Å². The van der Waals surface area contributed by atoms with Crippen LogP contribution in [0.25, 0.3) is 10.9 Å². The molecule has 3 heteroatoms. The van der Waals surface area contributed by atoms with Crippen molar-refractivity contribution < 1.29 is 4.74 Å². The summed E-state index contributed by atoms with van der Waals surface area (Å²) >= 11 is 6.30. The number of nitrogens with zero attached hydrogens (tertiary/aromatic N) is 1. The van der Waals surface area contributed by atoms with Crippen LogP contribution in [-0.4, -0.2) is 11.1 Å². The van der Waals surface area contributed by atoms with E-state index in [9.17, 15) is 0 Å². The van der Waals surface area contributed by atoms with Gasteiger partial charge < -0.3 is 4.74 Å². The number of aromatic nitrogens is 1. The summed E-state index contributed by atoms with van der Waals surface area (Å²) in [5.74, 6) is 0.700.